The van der Waals surface area contributed by atoms with Gasteiger partial charge in [0.25, 0.3) is 11.8 Å². The highest BCUT2D eigenvalue weighted by Gasteiger charge is 2.39. The van der Waals surface area contributed by atoms with Crippen LogP contribution >= 0.6 is 0 Å². The molecule has 11 nitrogen and oxygen atoms in total. The lowest BCUT2D eigenvalue weighted by molar-refractivity contribution is -0.136. The maximum Gasteiger partial charge on any atom is 0.274 e. The second-order valence-electron chi connectivity index (χ2n) is 8.74. The minimum absolute atomic E-state index is 0.126. The number of hydrogen-bond acceptors (Lipinski definition) is 7. The molecule has 0 spiro atoms. The Morgan fingerprint density at radius 2 is 2.03 bits per heavy atom. The molecule has 0 bridgehead atoms. The molecule has 2 aromatic heterocycles. The molecule has 1 saturated heterocycles. The van der Waals surface area contributed by atoms with Gasteiger partial charge >= 0.3 is 0 Å². The second-order valence-corrected chi connectivity index (χ2v) is 8.74. The minimum Gasteiger partial charge on any atom is -0.342 e. The summed E-state index contributed by atoms with van der Waals surface area (Å²) < 4.78 is 1.42. The standard InChI is InChI=1S/C24H23N7O4/c1-13-7-8-25-18(9-13)14(2)26-22(33)19-12-31(29-28-19)16-4-3-15-11-30(24(35)17(15)10-16)20-5-6-21(32)27-23(20)34/h3-4,7-10,12,14,20H,5-6,11H2,1-2H3,(H,26,33)(H,27,32,34). The van der Waals surface area contributed by atoms with Gasteiger partial charge in [0, 0.05) is 24.7 Å². The van der Waals surface area contributed by atoms with E-state index >= 15 is 0 Å². The molecular formula is C24H23N7O4. The van der Waals surface area contributed by atoms with Gasteiger partial charge in [0.1, 0.15) is 6.04 Å². The zero-order chi connectivity index (χ0) is 24.7. The maximum absolute atomic E-state index is 13.0. The second kappa shape index (κ2) is 8.75. The monoisotopic (exact) mass is 473 g/mol. The Balaban J connectivity index is 1.31. The summed E-state index contributed by atoms with van der Waals surface area (Å²) in [5, 5.41) is 13.2. The van der Waals surface area contributed by atoms with Gasteiger partial charge in [0.2, 0.25) is 11.8 Å². The van der Waals surface area contributed by atoms with Crippen LogP contribution in [0.3, 0.4) is 0 Å². The summed E-state index contributed by atoms with van der Waals surface area (Å²) in [4.78, 5) is 55.2. The van der Waals surface area contributed by atoms with Crippen molar-refractivity contribution in [1.29, 1.82) is 0 Å². The van der Waals surface area contributed by atoms with E-state index in [4.69, 9.17) is 0 Å². The van der Waals surface area contributed by atoms with E-state index in [0.717, 1.165) is 16.8 Å². The molecule has 2 unspecified atom stereocenters. The molecule has 35 heavy (non-hydrogen) atoms. The molecule has 1 aromatic carbocycles. The zero-order valence-electron chi connectivity index (χ0n) is 19.2. The van der Waals surface area contributed by atoms with Gasteiger partial charge in [0.05, 0.1) is 23.6 Å². The normalized spacial score (nSPS) is 18.3. The van der Waals surface area contributed by atoms with E-state index in [1.165, 1.54) is 15.8 Å². The number of amides is 4. The predicted octanol–water partition coefficient (Wildman–Crippen LogP) is 1.22. The van der Waals surface area contributed by atoms with Crippen molar-refractivity contribution in [2.45, 2.75) is 45.3 Å². The number of pyridine rings is 1. The van der Waals surface area contributed by atoms with Crippen LogP contribution < -0.4 is 10.6 Å². The quantitative estimate of drug-likeness (QED) is 0.531. The average Bonchev–Trinajstić information content (AvgIpc) is 3.44. The van der Waals surface area contributed by atoms with Gasteiger partial charge in [-0.05, 0) is 55.7 Å². The molecule has 4 heterocycles. The Morgan fingerprint density at radius 3 is 2.80 bits per heavy atom. The van der Waals surface area contributed by atoms with Crippen molar-refractivity contribution < 1.29 is 19.2 Å². The van der Waals surface area contributed by atoms with Crippen LogP contribution in [0.25, 0.3) is 5.69 Å². The summed E-state index contributed by atoms with van der Waals surface area (Å²) in [5.41, 5.74) is 3.70. The van der Waals surface area contributed by atoms with Gasteiger partial charge in [-0.2, -0.15) is 0 Å². The van der Waals surface area contributed by atoms with Crippen molar-refractivity contribution in [1.82, 2.24) is 35.5 Å². The molecule has 2 aliphatic rings. The Hall–Kier alpha value is -4.41. The molecule has 1 fully saturated rings. The molecular weight excluding hydrogens is 450 g/mol. The topological polar surface area (TPSA) is 139 Å². The summed E-state index contributed by atoms with van der Waals surface area (Å²) in [6.45, 7) is 4.08. The first-order chi connectivity index (χ1) is 16.8. The summed E-state index contributed by atoms with van der Waals surface area (Å²) in [5.74, 6) is -1.46. The van der Waals surface area contributed by atoms with Gasteiger partial charge in [-0.3, -0.25) is 29.5 Å². The first kappa shape index (κ1) is 22.4. The Bertz CT molecular complexity index is 1370. The van der Waals surface area contributed by atoms with Crippen LogP contribution in [0.1, 0.15) is 63.5 Å². The number of nitrogens with one attached hydrogen (secondary N) is 2. The van der Waals surface area contributed by atoms with Crippen molar-refractivity contribution in [3.05, 3.63) is 70.8 Å². The molecule has 2 aliphatic heterocycles. The fourth-order valence-electron chi connectivity index (χ4n) is 4.32. The van der Waals surface area contributed by atoms with E-state index in [-0.39, 0.29) is 36.5 Å². The Kier molecular flexibility index (Phi) is 5.59. The largest absolute Gasteiger partial charge is 0.342 e. The fraction of sp³-hybridized carbons (Fsp3) is 0.292. The number of hydrogen-bond donors (Lipinski definition) is 2. The van der Waals surface area contributed by atoms with Crippen LogP contribution in [0, 0.1) is 6.92 Å². The molecule has 5 rings (SSSR count). The number of nitrogens with zero attached hydrogens (tertiary/aromatic N) is 5. The van der Waals surface area contributed by atoms with Crippen LogP contribution in [-0.4, -0.2) is 54.5 Å². The lowest BCUT2D eigenvalue weighted by Crippen LogP contribution is -2.52. The fourth-order valence-corrected chi connectivity index (χ4v) is 4.32. The predicted molar refractivity (Wildman–Crippen MR) is 122 cm³/mol. The van der Waals surface area contributed by atoms with E-state index in [9.17, 15) is 19.2 Å². The molecule has 4 amide bonds. The van der Waals surface area contributed by atoms with Gasteiger partial charge in [-0.15, -0.1) is 5.10 Å². The molecule has 11 heteroatoms. The molecule has 0 aliphatic carbocycles. The Morgan fingerprint density at radius 1 is 1.20 bits per heavy atom. The van der Waals surface area contributed by atoms with Crippen LogP contribution in [0.5, 0.6) is 0 Å². The smallest absolute Gasteiger partial charge is 0.274 e. The third-order valence-electron chi connectivity index (χ3n) is 6.23. The van der Waals surface area contributed by atoms with E-state index in [2.05, 4.69) is 25.9 Å². The molecule has 178 valence electrons. The SMILES string of the molecule is Cc1ccnc(C(C)NC(=O)c2cn(-c3ccc4c(c3)C(=O)N(C3CCC(=O)NC3=O)C4)nn2)c1. The third-order valence-corrected chi connectivity index (χ3v) is 6.23. The van der Waals surface area contributed by atoms with E-state index in [0.29, 0.717) is 17.7 Å². The lowest BCUT2D eigenvalue weighted by Gasteiger charge is -2.29. The number of fused-ring (bicyclic) bond motifs is 1. The third kappa shape index (κ3) is 4.27. The number of carbonyl (C=O) groups excluding carboxylic acids is 4. The van der Waals surface area contributed by atoms with Crippen LogP contribution in [0.2, 0.25) is 0 Å². The molecule has 0 saturated carbocycles. The number of imide groups is 1. The maximum atomic E-state index is 13.0. The van der Waals surface area contributed by atoms with Crippen molar-refractivity contribution in [2.75, 3.05) is 0 Å². The summed E-state index contributed by atoms with van der Waals surface area (Å²) in [6.07, 6.45) is 3.68. The number of rotatable bonds is 5. The first-order valence-corrected chi connectivity index (χ1v) is 11.2. The van der Waals surface area contributed by atoms with Crippen molar-refractivity contribution >= 4 is 23.6 Å². The number of piperidine rings is 1. The highest BCUT2D eigenvalue weighted by Crippen LogP contribution is 2.29. The highest BCUT2D eigenvalue weighted by molar-refractivity contribution is 6.05. The molecule has 0 radical (unpaired) electrons. The average molecular weight is 473 g/mol. The van der Waals surface area contributed by atoms with E-state index < -0.39 is 17.9 Å². The lowest BCUT2D eigenvalue weighted by atomic mass is 10.0. The first-order valence-electron chi connectivity index (χ1n) is 11.2. The summed E-state index contributed by atoms with van der Waals surface area (Å²) in [7, 11) is 0. The number of aromatic nitrogens is 4. The molecule has 3 aromatic rings. The van der Waals surface area contributed by atoms with Gasteiger partial charge in [0.15, 0.2) is 5.69 Å². The zero-order valence-corrected chi connectivity index (χ0v) is 19.2. The highest BCUT2D eigenvalue weighted by atomic mass is 16.2. The van der Waals surface area contributed by atoms with Gasteiger partial charge in [-0.1, -0.05) is 11.3 Å². The minimum atomic E-state index is -0.678. The van der Waals surface area contributed by atoms with E-state index in [1.54, 1.807) is 24.4 Å². The van der Waals surface area contributed by atoms with Crippen molar-refractivity contribution in [3.63, 3.8) is 0 Å². The Labute approximate surface area is 200 Å². The number of aryl methyl sites for hydroxylation is 1. The van der Waals surface area contributed by atoms with Gasteiger partial charge < -0.3 is 10.2 Å². The van der Waals surface area contributed by atoms with Crippen molar-refractivity contribution in [3.8, 4) is 5.69 Å². The van der Waals surface area contributed by atoms with Gasteiger partial charge in [-0.25, -0.2) is 4.68 Å². The number of benzene rings is 1. The van der Waals surface area contributed by atoms with Crippen LogP contribution in [-0.2, 0) is 16.1 Å². The van der Waals surface area contributed by atoms with Crippen LogP contribution in [0.4, 0.5) is 0 Å². The van der Waals surface area contributed by atoms with Crippen molar-refractivity contribution in [2.24, 2.45) is 0 Å². The summed E-state index contributed by atoms with van der Waals surface area (Å²) in [6, 6.07) is 8.03. The molecule has 2 atom stereocenters. The van der Waals surface area contributed by atoms with Crippen LogP contribution in [0.15, 0.2) is 42.7 Å². The molecule has 2 N–H and O–H groups in total. The van der Waals surface area contributed by atoms with E-state index in [1.807, 2.05) is 26.0 Å². The number of carbonyl (C=O) groups is 4. The summed E-state index contributed by atoms with van der Waals surface area (Å²) >= 11 is 0.